The molecule has 0 amide bonds. The van der Waals surface area contributed by atoms with Gasteiger partial charge in [0.25, 0.3) is 0 Å². The molecule has 4 nitrogen and oxygen atoms in total. The van der Waals surface area contributed by atoms with Crippen LogP contribution in [0, 0.1) is 6.92 Å². The highest BCUT2D eigenvalue weighted by Crippen LogP contribution is 2.18. The standard InChI is InChI=1S/C17H22N4/c1-14-3-2-4-16(19-14)13-20-9-11-21(12-10-20)17-7-5-15(18)6-8-17/h2-8H,9-13,18H2,1H3. The number of pyridine rings is 1. The van der Waals surface area contributed by atoms with Crippen LogP contribution in [0.25, 0.3) is 0 Å². The molecule has 1 saturated heterocycles. The van der Waals surface area contributed by atoms with Gasteiger partial charge in [-0.05, 0) is 43.3 Å². The van der Waals surface area contributed by atoms with Crippen molar-refractivity contribution in [3.8, 4) is 0 Å². The maximum Gasteiger partial charge on any atom is 0.0547 e. The molecule has 3 rings (SSSR count). The van der Waals surface area contributed by atoms with Gasteiger partial charge in [-0.25, -0.2) is 0 Å². The predicted molar refractivity (Wildman–Crippen MR) is 87.3 cm³/mol. The minimum atomic E-state index is 0.822. The Morgan fingerprint density at radius 3 is 2.38 bits per heavy atom. The fourth-order valence-corrected chi connectivity index (χ4v) is 2.77. The maximum absolute atomic E-state index is 5.74. The molecular formula is C17H22N4. The van der Waals surface area contributed by atoms with Crippen molar-refractivity contribution in [1.29, 1.82) is 0 Å². The van der Waals surface area contributed by atoms with E-state index in [1.807, 2.05) is 25.1 Å². The minimum Gasteiger partial charge on any atom is -0.399 e. The van der Waals surface area contributed by atoms with Gasteiger partial charge >= 0.3 is 0 Å². The summed E-state index contributed by atoms with van der Waals surface area (Å²) >= 11 is 0. The smallest absolute Gasteiger partial charge is 0.0547 e. The van der Waals surface area contributed by atoms with E-state index in [1.165, 1.54) is 5.69 Å². The highest BCUT2D eigenvalue weighted by atomic mass is 15.3. The van der Waals surface area contributed by atoms with Crippen LogP contribution in [0.1, 0.15) is 11.4 Å². The van der Waals surface area contributed by atoms with E-state index in [9.17, 15) is 0 Å². The lowest BCUT2D eigenvalue weighted by Crippen LogP contribution is -2.46. The summed E-state index contributed by atoms with van der Waals surface area (Å²) in [5, 5.41) is 0. The second-order valence-electron chi connectivity index (χ2n) is 5.63. The predicted octanol–water partition coefficient (Wildman–Crippen LogP) is 2.29. The van der Waals surface area contributed by atoms with E-state index >= 15 is 0 Å². The van der Waals surface area contributed by atoms with Gasteiger partial charge < -0.3 is 10.6 Å². The van der Waals surface area contributed by atoms with Crippen LogP contribution in [-0.4, -0.2) is 36.1 Å². The van der Waals surface area contributed by atoms with Crippen LogP contribution >= 0.6 is 0 Å². The number of hydrogen-bond donors (Lipinski definition) is 1. The molecule has 110 valence electrons. The molecule has 1 aliphatic heterocycles. The Kier molecular flexibility index (Phi) is 4.06. The van der Waals surface area contributed by atoms with E-state index in [-0.39, 0.29) is 0 Å². The highest BCUT2D eigenvalue weighted by Gasteiger charge is 2.17. The van der Waals surface area contributed by atoms with Gasteiger partial charge in [-0.1, -0.05) is 6.07 Å². The Bertz CT molecular complexity index is 586. The second kappa shape index (κ2) is 6.14. The normalized spacial score (nSPS) is 16.1. The molecule has 1 fully saturated rings. The van der Waals surface area contributed by atoms with E-state index < -0.39 is 0 Å². The van der Waals surface area contributed by atoms with Crippen molar-refractivity contribution in [3.63, 3.8) is 0 Å². The van der Waals surface area contributed by atoms with Crippen LogP contribution < -0.4 is 10.6 Å². The molecule has 0 radical (unpaired) electrons. The fraction of sp³-hybridized carbons (Fsp3) is 0.353. The van der Waals surface area contributed by atoms with Gasteiger partial charge in [0, 0.05) is 49.8 Å². The lowest BCUT2D eigenvalue weighted by Gasteiger charge is -2.36. The first-order valence-electron chi connectivity index (χ1n) is 7.46. The SMILES string of the molecule is Cc1cccc(CN2CCN(c3ccc(N)cc3)CC2)n1. The number of aryl methyl sites for hydroxylation is 1. The third-order valence-electron chi connectivity index (χ3n) is 3.96. The number of anilines is 2. The summed E-state index contributed by atoms with van der Waals surface area (Å²) in [6, 6.07) is 14.4. The van der Waals surface area contributed by atoms with E-state index in [4.69, 9.17) is 5.73 Å². The van der Waals surface area contributed by atoms with E-state index in [0.29, 0.717) is 0 Å². The van der Waals surface area contributed by atoms with Crippen molar-refractivity contribution in [2.75, 3.05) is 36.8 Å². The Labute approximate surface area is 126 Å². The number of benzene rings is 1. The third kappa shape index (κ3) is 3.52. The molecule has 0 atom stereocenters. The number of rotatable bonds is 3. The molecule has 2 N–H and O–H groups in total. The van der Waals surface area contributed by atoms with Crippen molar-refractivity contribution in [2.45, 2.75) is 13.5 Å². The van der Waals surface area contributed by atoms with Crippen LogP contribution in [0.2, 0.25) is 0 Å². The van der Waals surface area contributed by atoms with Gasteiger partial charge in [0.1, 0.15) is 0 Å². The summed E-state index contributed by atoms with van der Waals surface area (Å²) in [5.41, 5.74) is 10.1. The quantitative estimate of drug-likeness (QED) is 0.877. The van der Waals surface area contributed by atoms with Crippen LogP contribution in [-0.2, 0) is 6.54 Å². The first kappa shape index (κ1) is 13.9. The molecule has 1 aromatic heterocycles. The molecule has 2 aromatic rings. The van der Waals surface area contributed by atoms with Gasteiger partial charge in [-0.2, -0.15) is 0 Å². The number of nitrogens with zero attached hydrogens (tertiary/aromatic N) is 3. The average Bonchev–Trinajstić information content (AvgIpc) is 2.49. The molecule has 2 heterocycles. The summed E-state index contributed by atoms with van der Waals surface area (Å²) in [4.78, 5) is 9.47. The van der Waals surface area contributed by atoms with Crippen LogP contribution in [0.4, 0.5) is 11.4 Å². The largest absolute Gasteiger partial charge is 0.399 e. The van der Waals surface area contributed by atoms with Crippen molar-refractivity contribution in [1.82, 2.24) is 9.88 Å². The number of nitrogen functional groups attached to an aromatic ring is 1. The topological polar surface area (TPSA) is 45.4 Å². The van der Waals surface area contributed by atoms with E-state index in [2.05, 4.69) is 39.0 Å². The third-order valence-corrected chi connectivity index (χ3v) is 3.96. The molecule has 0 bridgehead atoms. The average molecular weight is 282 g/mol. The molecule has 4 heteroatoms. The summed E-state index contributed by atoms with van der Waals surface area (Å²) < 4.78 is 0. The molecule has 1 aliphatic rings. The Morgan fingerprint density at radius 1 is 1.00 bits per heavy atom. The molecule has 0 spiro atoms. The molecule has 1 aromatic carbocycles. The first-order valence-corrected chi connectivity index (χ1v) is 7.46. The lowest BCUT2D eigenvalue weighted by molar-refractivity contribution is 0.247. The molecular weight excluding hydrogens is 260 g/mol. The van der Waals surface area contributed by atoms with E-state index in [1.54, 1.807) is 0 Å². The Balaban J connectivity index is 1.56. The number of piperazine rings is 1. The lowest BCUT2D eigenvalue weighted by atomic mass is 10.2. The van der Waals surface area contributed by atoms with Crippen molar-refractivity contribution < 1.29 is 0 Å². The fourth-order valence-electron chi connectivity index (χ4n) is 2.77. The van der Waals surface area contributed by atoms with Crippen LogP contribution in [0.15, 0.2) is 42.5 Å². The van der Waals surface area contributed by atoms with Gasteiger partial charge in [-0.3, -0.25) is 9.88 Å². The summed E-state index contributed by atoms with van der Waals surface area (Å²) in [5.74, 6) is 0. The van der Waals surface area contributed by atoms with Crippen LogP contribution in [0.5, 0.6) is 0 Å². The highest BCUT2D eigenvalue weighted by molar-refractivity contribution is 5.53. The molecule has 0 aliphatic carbocycles. The summed E-state index contributed by atoms with van der Waals surface area (Å²) in [6.45, 7) is 7.23. The van der Waals surface area contributed by atoms with Gasteiger partial charge in [0.15, 0.2) is 0 Å². The zero-order valence-corrected chi connectivity index (χ0v) is 12.5. The molecule has 21 heavy (non-hydrogen) atoms. The number of nitrogens with two attached hydrogens (primary N) is 1. The van der Waals surface area contributed by atoms with Gasteiger partial charge in [0.05, 0.1) is 5.69 Å². The van der Waals surface area contributed by atoms with Gasteiger partial charge in [-0.15, -0.1) is 0 Å². The zero-order valence-electron chi connectivity index (χ0n) is 12.5. The molecule has 0 saturated carbocycles. The minimum absolute atomic E-state index is 0.822. The Hall–Kier alpha value is -2.07. The monoisotopic (exact) mass is 282 g/mol. The van der Waals surface area contributed by atoms with Gasteiger partial charge in [0.2, 0.25) is 0 Å². The Morgan fingerprint density at radius 2 is 1.71 bits per heavy atom. The number of hydrogen-bond acceptors (Lipinski definition) is 4. The van der Waals surface area contributed by atoms with Crippen molar-refractivity contribution >= 4 is 11.4 Å². The van der Waals surface area contributed by atoms with Crippen LogP contribution in [0.3, 0.4) is 0 Å². The zero-order chi connectivity index (χ0) is 14.7. The maximum atomic E-state index is 5.74. The van der Waals surface area contributed by atoms with Crippen molar-refractivity contribution in [3.05, 3.63) is 53.9 Å². The second-order valence-corrected chi connectivity index (χ2v) is 5.63. The number of aromatic nitrogens is 1. The molecule has 0 unspecified atom stereocenters. The first-order chi connectivity index (χ1) is 10.2. The summed E-state index contributed by atoms with van der Waals surface area (Å²) in [7, 11) is 0. The van der Waals surface area contributed by atoms with E-state index in [0.717, 1.165) is 49.8 Å². The van der Waals surface area contributed by atoms with Crippen molar-refractivity contribution in [2.24, 2.45) is 0 Å². The summed E-state index contributed by atoms with van der Waals surface area (Å²) in [6.07, 6.45) is 0.